The molecule has 2 aromatic heterocycles. The van der Waals surface area contributed by atoms with E-state index in [0.29, 0.717) is 0 Å². The number of benzene rings is 3. The molecule has 31 heavy (non-hydrogen) atoms. The van der Waals surface area contributed by atoms with Crippen LogP contribution in [0.2, 0.25) is 0 Å². The monoisotopic (exact) mass is 404 g/mol. The summed E-state index contributed by atoms with van der Waals surface area (Å²) in [4.78, 5) is 5.08. The largest absolute Gasteiger partial charge is 0.295 e. The lowest BCUT2D eigenvalue weighted by molar-refractivity contribution is -0.633. The maximum absolute atomic E-state index is 5.08. The second-order valence-electron chi connectivity index (χ2n) is 8.95. The molecule has 3 aromatic carbocycles. The Bertz CT molecular complexity index is 1550. The van der Waals surface area contributed by atoms with Crippen molar-refractivity contribution in [3.05, 3.63) is 88.2 Å². The van der Waals surface area contributed by atoms with Crippen molar-refractivity contribution in [3.8, 4) is 16.9 Å². The van der Waals surface area contributed by atoms with Gasteiger partial charge in [-0.15, -0.1) is 0 Å². The Morgan fingerprint density at radius 1 is 0.871 bits per heavy atom. The Balaban J connectivity index is 1.65. The molecule has 3 nitrogen and oxygen atoms in total. The summed E-state index contributed by atoms with van der Waals surface area (Å²) in [6, 6.07) is 19.9. The summed E-state index contributed by atoms with van der Waals surface area (Å²) in [7, 11) is 2.18. The van der Waals surface area contributed by atoms with E-state index in [-0.39, 0.29) is 0 Å². The van der Waals surface area contributed by atoms with Gasteiger partial charge in [0.2, 0.25) is 11.2 Å². The fourth-order valence-electron chi connectivity index (χ4n) is 5.47. The Morgan fingerprint density at radius 2 is 1.68 bits per heavy atom. The Morgan fingerprint density at radius 3 is 2.52 bits per heavy atom. The number of aromatic nitrogens is 3. The predicted molar refractivity (Wildman–Crippen MR) is 127 cm³/mol. The first-order valence-corrected chi connectivity index (χ1v) is 10.9. The SMILES string of the molecule is Cc1c(-c2cc(C)c3c(C)cccc3[n+]2C)cc2nc3n(c2c1C)-c1ccccc1C3. The van der Waals surface area contributed by atoms with Crippen molar-refractivity contribution in [1.82, 2.24) is 9.55 Å². The third-order valence-corrected chi connectivity index (χ3v) is 7.15. The van der Waals surface area contributed by atoms with Gasteiger partial charge in [0.1, 0.15) is 12.9 Å². The van der Waals surface area contributed by atoms with Gasteiger partial charge in [-0.1, -0.05) is 30.3 Å². The van der Waals surface area contributed by atoms with Gasteiger partial charge in [-0.2, -0.15) is 4.57 Å². The van der Waals surface area contributed by atoms with Crippen LogP contribution in [0.3, 0.4) is 0 Å². The smallest absolute Gasteiger partial charge is 0.213 e. The van der Waals surface area contributed by atoms with Crippen LogP contribution in [-0.4, -0.2) is 9.55 Å². The molecule has 0 unspecified atom stereocenters. The number of hydrogen-bond acceptors (Lipinski definition) is 1. The maximum atomic E-state index is 5.08. The van der Waals surface area contributed by atoms with Crippen molar-refractivity contribution in [2.75, 3.05) is 0 Å². The third-order valence-electron chi connectivity index (χ3n) is 7.15. The fourth-order valence-corrected chi connectivity index (χ4v) is 5.47. The summed E-state index contributed by atoms with van der Waals surface area (Å²) < 4.78 is 4.70. The van der Waals surface area contributed by atoms with Crippen LogP contribution in [0.1, 0.15) is 33.6 Å². The summed E-state index contributed by atoms with van der Waals surface area (Å²) >= 11 is 0. The van der Waals surface area contributed by atoms with E-state index in [1.54, 1.807) is 0 Å². The number of imidazole rings is 1. The molecule has 1 aliphatic rings. The molecule has 0 N–H and O–H groups in total. The molecular formula is C28H26N3+. The molecule has 3 heterocycles. The highest BCUT2D eigenvalue weighted by atomic mass is 15.1. The first-order valence-electron chi connectivity index (χ1n) is 10.9. The maximum Gasteiger partial charge on any atom is 0.213 e. The van der Waals surface area contributed by atoms with Gasteiger partial charge in [-0.3, -0.25) is 4.57 Å². The van der Waals surface area contributed by atoms with Crippen LogP contribution in [0.5, 0.6) is 0 Å². The zero-order valence-corrected chi connectivity index (χ0v) is 18.7. The average Bonchev–Trinajstić information content (AvgIpc) is 3.29. The van der Waals surface area contributed by atoms with Crippen LogP contribution in [-0.2, 0) is 13.5 Å². The van der Waals surface area contributed by atoms with Gasteiger partial charge in [0.05, 0.1) is 27.7 Å². The zero-order valence-electron chi connectivity index (χ0n) is 18.7. The minimum Gasteiger partial charge on any atom is -0.295 e. The first-order chi connectivity index (χ1) is 15.0. The molecule has 0 bridgehead atoms. The van der Waals surface area contributed by atoms with Crippen LogP contribution in [0, 0.1) is 27.7 Å². The second-order valence-corrected chi connectivity index (χ2v) is 8.95. The molecule has 1 aliphatic heterocycles. The van der Waals surface area contributed by atoms with E-state index in [2.05, 4.69) is 98.5 Å². The lowest BCUT2D eigenvalue weighted by Gasteiger charge is -2.13. The molecular weight excluding hydrogens is 378 g/mol. The van der Waals surface area contributed by atoms with Gasteiger partial charge in [-0.25, -0.2) is 4.98 Å². The van der Waals surface area contributed by atoms with E-state index in [9.17, 15) is 0 Å². The van der Waals surface area contributed by atoms with Crippen molar-refractivity contribution in [2.24, 2.45) is 7.05 Å². The van der Waals surface area contributed by atoms with E-state index >= 15 is 0 Å². The number of hydrogen-bond donors (Lipinski definition) is 0. The van der Waals surface area contributed by atoms with Gasteiger partial charge in [0.15, 0.2) is 0 Å². The van der Waals surface area contributed by atoms with Gasteiger partial charge >= 0.3 is 0 Å². The molecule has 5 aromatic rings. The van der Waals surface area contributed by atoms with Crippen LogP contribution in [0.25, 0.3) is 38.9 Å². The topological polar surface area (TPSA) is 21.7 Å². The minimum absolute atomic E-state index is 0.904. The van der Waals surface area contributed by atoms with E-state index in [1.165, 1.54) is 61.2 Å². The molecule has 0 saturated heterocycles. The standard InChI is InChI=1S/C28H26N3/c1-16-9-8-12-24-27(16)17(2)13-25(30(24)5)21-15-22-28(19(4)18(21)3)31-23-11-7-6-10-20(23)14-26(31)29-22/h6-13,15H,14H2,1-5H3/q+1. The zero-order chi connectivity index (χ0) is 21.4. The number of rotatable bonds is 1. The molecule has 3 heteroatoms. The van der Waals surface area contributed by atoms with E-state index in [0.717, 1.165) is 17.8 Å². The van der Waals surface area contributed by atoms with Crippen LogP contribution >= 0.6 is 0 Å². The highest BCUT2D eigenvalue weighted by Gasteiger charge is 2.26. The number of aryl methyl sites for hydroxylation is 4. The molecule has 152 valence electrons. The predicted octanol–water partition coefficient (Wildman–Crippen LogP) is 5.81. The number of fused-ring (bicyclic) bond motifs is 6. The molecule has 6 rings (SSSR count). The van der Waals surface area contributed by atoms with E-state index in [4.69, 9.17) is 4.98 Å². The average molecular weight is 405 g/mol. The van der Waals surface area contributed by atoms with Crippen LogP contribution in [0.4, 0.5) is 0 Å². The van der Waals surface area contributed by atoms with Crippen molar-refractivity contribution < 1.29 is 4.57 Å². The second kappa shape index (κ2) is 6.27. The Kier molecular flexibility index (Phi) is 3.71. The van der Waals surface area contributed by atoms with Crippen molar-refractivity contribution >= 4 is 21.9 Å². The summed E-state index contributed by atoms with van der Waals surface area (Å²) in [5.41, 5.74) is 14.0. The van der Waals surface area contributed by atoms with Gasteiger partial charge < -0.3 is 0 Å². The van der Waals surface area contributed by atoms with Gasteiger partial charge in [0.25, 0.3) is 0 Å². The number of nitrogens with zero attached hydrogens (tertiary/aromatic N) is 3. The fraction of sp³-hybridized carbons (Fsp3) is 0.214. The molecule has 0 atom stereocenters. The molecule has 0 amide bonds. The lowest BCUT2D eigenvalue weighted by Crippen LogP contribution is -2.32. The molecule has 0 radical (unpaired) electrons. The highest BCUT2D eigenvalue weighted by molar-refractivity contribution is 5.91. The Hall–Kier alpha value is -3.46. The minimum atomic E-state index is 0.904. The quantitative estimate of drug-likeness (QED) is 0.317. The summed E-state index contributed by atoms with van der Waals surface area (Å²) in [6.07, 6.45) is 0.904. The molecule has 0 fully saturated rings. The van der Waals surface area contributed by atoms with Crippen LogP contribution in [0.15, 0.2) is 54.6 Å². The third kappa shape index (κ3) is 2.40. The van der Waals surface area contributed by atoms with E-state index < -0.39 is 0 Å². The molecule has 0 saturated carbocycles. The highest BCUT2D eigenvalue weighted by Crippen LogP contribution is 2.37. The van der Waals surface area contributed by atoms with Crippen LogP contribution < -0.4 is 4.57 Å². The number of para-hydroxylation sites is 1. The number of pyridine rings is 1. The first kappa shape index (κ1) is 18.3. The normalized spacial score (nSPS) is 12.5. The van der Waals surface area contributed by atoms with Crippen molar-refractivity contribution in [2.45, 2.75) is 34.1 Å². The molecule has 0 aliphatic carbocycles. The van der Waals surface area contributed by atoms with Crippen molar-refractivity contribution in [1.29, 1.82) is 0 Å². The molecule has 0 spiro atoms. The summed E-state index contributed by atoms with van der Waals surface area (Å²) in [5.74, 6) is 1.14. The van der Waals surface area contributed by atoms with Gasteiger partial charge in [-0.05, 0) is 67.6 Å². The summed E-state index contributed by atoms with van der Waals surface area (Å²) in [6.45, 7) is 8.92. The van der Waals surface area contributed by atoms with Gasteiger partial charge in [0, 0.05) is 18.6 Å². The summed E-state index contributed by atoms with van der Waals surface area (Å²) in [5, 5.41) is 1.35. The Labute approximate surface area is 182 Å². The van der Waals surface area contributed by atoms with E-state index in [1.807, 2.05) is 0 Å². The van der Waals surface area contributed by atoms with Crippen molar-refractivity contribution in [3.63, 3.8) is 0 Å². The lowest BCUT2D eigenvalue weighted by atomic mass is 9.95.